The molecule has 0 aromatic heterocycles. The Kier molecular flexibility index (Phi) is 4.42. The van der Waals surface area contributed by atoms with Crippen molar-refractivity contribution < 1.29 is 24.1 Å². The van der Waals surface area contributed by atoms with Gasteiger partial charge in [-0.25, -0.2) is 4.79 Å². The number of rotatable bonds is 5. The van der Waals surface area contributed by atoms with Crippen LogP contribution in [0.2, 0.25) is 0 Å². The van der Waals surface area contributed by atoms with Crippen molar-refractivity contribution >= 4 is 5.97 Å². The third-order valence-electron chi connectivity index (χ3n) is 2.29. The van der Waals surface area contributed by atoms with Gasteiger partial charge >= 0.3 is 5.97 Å². The van der Waals surface area contributed by atoms with Gasteiger partial charge in [-0.15, -0.1) is 0 Å². The van der Waals surface area contributed by atoms with Crippen molar-refractivity contribution in [3.8, 4) is 17.2 Å². The van der Waals surface area contributed by atoms with Gasteiger partial charge < -0.3 is 19.3 Å². The average Bonchev–Trinajstić information content (AvgIpc) is 2.29. The number of methoxy groups -OCH3 is 1. The third kappa shape index (κ3) is 3.29. The highest BCUT2D eigenvalue weighted by molar-refractivity contribution is 5.79. The predicted octanol–water partition coefficient (Wildman–Crippen LogP) is 2.12. The summed E-state index contributed by atoms with van der Waals surface area (Å²) in [5, 5.41) is 9.61. The van der Waals surface area contributed by atoms with Crippen LogP contribution in [-0.4, -0.2) is 30.4 Å². The van der Waals surface area contributed by atoms with Gasteiger partial charge in [0.1, 0.15) is 5.75 Å². The molecule has 0 saturated carbocycles. The Balaban J connectivity index is 2.84. The molecule has 0 radical (unpaired) electrons. The first-order valence-electron chi connectivity index (χ1n) is 5.64. The lowest BCUT2D eigenvalue weighted by atomic mass is 10.1. The normalized spacial score (nSPS) is 10.9. The molecule has 0 aliphatic heterocycles. The molecule has 0 aliphatic carbocycles. The summed E-state index contributed by atoms with van der Waals surface area (Å²) in [7, 11) is 1.46. The van der Waals surface area contributed by atoms with Gasteiger partial charge in [0.2, 0.25) is 0 Å². The van der Waals surface area contributed by atoms with Crippen LogP contribution in [0.1, 0.15) is 20.8 Å². The van der Waals surface area contributed by atoms with Gasteiger partial charge in [-0.05, 0) is 32.9 Å². The van der Waals surface area contributed by atoms with Crippen LogP contribution in [0.15, 0.2) is 18.2 Å². The molecule has 0 aliphatic rings. The van der Waals surface area contributed by atoms with Crippen molar-refractivity contribution in [1.29, 1.82) is 0 Å². The number of aromatic hydroxyl groups is 1. The minimum absolute atomic E-state index is 0.0466. The molecular formula is C13H18O5. The number of carbonyl (C=O) groups is 1. The lowest BCUT2D eigenvalue weighted by Crippen LogP contribution is -2.39. The molecule has 0 fully saturated rings. The minimum Gasteiger partial charge on any atom is -0.504 e. The maximum absolute atomic E-state index is 11.6. The van der Waals surface area contributed by atoms with Crippen molar-refractivity contribution in [1.82, 2.24) is 0 Å². The predicted molar refractivity (Wildman–Crippen MR) is 66.0 cm³/mol. The first-order chi connectivity index (χ1) is 8.40. The molecular weight excluding hydrogens is 236 g/mol. The highest BCUT2D eigenvalue weighted by Gasteiger charge is 2.31. The zero-order valence-corrected chi connectivity index (χ0v) is 11.0. The van der Waals surface area contributed by atoms with Gasteiger partial charge in [-0.2, -0.15) is 0 Å². The molecule has 1 N–H and O–H groups in total. The number of hydrogen-bond acceptors (Lipinski definition) is 5. The molecule has 0 heterocycles. The maximum Gasteiger partial charge on any atom is 0.349 e. The number of carbonyl (C=O) groups excluding carboxylic acids is 1. The van der Waals surface area contributed by atoms with Gasteiger partial charge in [0, 0.05) is 6.07 Å². The van der Waals surface area contributed by atoms with E-state index in [2.05, 4.69) is 0 Å². The second-order valence-corrected chi connectivity index (χ2v) is 4.17. The Morgan fingerprint density at radius 1 is 1.39 bits per heavy atom. The van der Waals surface area contributed by atoms with E-state index in [-0.39, 0.29) is 5.75 Å². The highest BCUT2D eigenvalue weighted by atomic mass is 16.6. The fourth-order valence-electron chi connectivity index (χ4n) is 1.37. The first kappa shape index (κ1) is 14.2. The number of esters is 1. The molecule has 0 bridgehead atoms. The van der Waals surface area contributed by atoms with Gasteiger partial charge in [-0.3, -0.25) is 0 Å². The van der Waals surface area contributed by atoms with E-state index < -0.39 is 11.6 Å². The number of hydrogen-bond donors (Lipinski definition) is 1. The van der Waals surface area contributed by atoms with Gasteiger partial charge in [0.05, 0.1) is 13.7 Å². The molecule has 1 rings (SSSR count). The van der Waals surface area contributed by atoms with Crippen LogP contribution in [0.25, 0.3) is 0 Å². The second kappa shape index (κ2) is 5.62. The van der Waals surface area contributed by atoms with E-state index in [0.717, 1.165) is 0 Å². The van der Waals surface area contributed by atoms with Crippen LogP contribution >= 0.6 is 0 Å². The molecule has 1 aromatic rings. The van der Waals surface area contributed by atoms with E-state index >= 15 is 0 Å². The number of ether oxygens (including phenoxy) is 3. The summed E-state index contributed by atoms with van der Waals surface area (Å²) in [6, 6.07) is 4.56. The van der Waals surface area contributed by atoms with E-state index in [9.17, 15) is 9.90 Å². The lowest BCUT2D eigenvalue weighted by Gasteiger charge is -2.24. The van der Waals surface area contributed by atoms with Crippen LogP contribution in [-0.2, 0) is 9.53 Å². The van der Waals surface area contributed by atoms with E-state index in [0.29, 0.717) is 18.1 Å². The fourth-order valence-corrected chi connectivity index (χ4v) is 1.37. The summed E-state index contributed by atoms with van der Waals surface area (Å²) in [4.78, 5) is 11.6. The maximum atomic E-state index is 11.6. The van der Waals surface area contributed by atoms with Gasteiger partial charge in [-0.1, -0.05) is 0 Å². The van der Waals surface area contributed by atoms with Crippen molar-refractivity contribution in [2.45, 2.75) is 26.4 Å². The summed E-state index contributed by atoms with van der Waals surface area (Å²) in [5.41, 5.74) is -1.11. The Hall–Kier alpha value is -1.91. The summed E-state index contributed by atoms with van der Waals surface area (Å²) in [6.07, 6.45) is 0. The van der Waals surface area contributed by atoms with Crippen LogP contribution in [0, 0.1) is 0 Å². The first-order valence-corrected chi connectivity index (χ1v) is 5.64. The minimum atomic E-state index is -1.11. The molecule has 5 heteroatoms. The SMILES string of the molecule is CCOC(=O)C(C)(C)Oc1ccc(OC)c(O)c1. The van der Waals surface area contributed by atoms with E-state index in [1.54, 1.807) is 32.9 Å². The highest BCUT2D eigenvalue weighted by Crippen LogP contribution is 2.31. The monoisotopic (exact) mass is 254 g/mol. The molecule has 100 valence electrons. The third-order valence-corrected chi connectivity index (χ3v) is 2.29. The molecule has 0 saturated heterocycles. The molecule has 1 aromatic carbocycles. The van der Waals surface area contributed by atoms with E-state index in [4.69, 9.17) is 14.2 Å². The van der Waals surface area contributed by atoms with Crippen molar-refractivity contribution in [3.05, 3.63) is 18.2 Å². The van der Waals surface area contributed by atoms with E-state index in [1.165, 1.54) is 13.2 Å². The molecule has 0 unspecified atom stereocenters. The Morgan fingerprint density at radius 2 is 2.06 bits per heavy atom. The Bertz CT molecular complexity index is 425. The van der Waals surface area contributed by atoms with Crippen molar-refractivity contribution in [2.75, 3.05) is 13.7 Å². The molecule has 0 spiro atoms. The van der Waals surface area contributed by atoms with Gasteiger partial charge in [0.15, 0.2) is 17.1 Å². The van der Waals surface area contributed by atoms with Crippen LogP contribution < -0.4 is 9.47 Å². The topological polar surface area (TPSA) is 65.0 Å². The second-order valence-electron chi connectivity index (χ2n) is 4.17. The van der Waals surface area contributed by atoms with Crippen molar-refractivity contribution in [3.63, 3.8) is 0 Å². The summed E-state index contributed by atoms with van der Waals surface area (Å²) in [5.74, 6) is 0.206. The van der Waals surface area contributed by atoms with Crippen LogP contribution in [0.5, 0.6) is 17.2 Å². The van der Waals surface area contributed by atoms with Crippen LogP contribution in [0.3, 0.4) is 0 Å². The smallest absolute Gasteiger partial charge is 0.349 e. The van der Waals surface area contributed by atoms with E-state index in [1.807, 2.05) is 0 Å². The molecule has 18 heavy (non-hydrogen) atoms. The number of benzene rings is 1. The van der Waals surface area contributed by atoms with Gasteiger partial charge in [0.25, 0.3) is 0 Å². The average molecular weight is 254 g/mol. The molecule has 0 amide bonds. The Labute approximate surface area is 106 Å². The number of phenolic OH excluding ortho intramolecular Hbond substituents is 1. The fraction of sp³-hybridized carbons (Fsp3) is 0.462. The zero-order valence-electron chi connectivity index (χ0n) is 11.0. The zero-order chi connectivity index (χ0) is 13.8. The standard InChI is InChI=1S/C13H18O5/c1-5-17-12(15)13(2,3)18-9-6-7-11(16-4)10(14)8-9/h6-8,14H,5H2,1-4H3. The summed E-state index contributed by atoms with van der Waals surface area (Å²) in [6.45, 7) is 5.23. The summed E-state index contributed by atoms with van der Waals surface area (Å²) >= 11 is 0. The number of phenols is 1. The lowest BCUT2D eigenvalue weighted by molar-refractivity contribution is -0.158. The molecule has 0 atom stereocenters. The quantitative estimate of drug-likeness (QED) is 0.815. The molecule has 5 nitrogen and oxygen atoms in total. The largest absolute Gasteiger partial charge is 0.504 e. The summed E-state index contributed by atoms with van der Waals surface area (Å²) < 4.78 is 15.3. The van der Waals surface area contributed by atoms with Crippen LogP contribution in [0.4, 0.5) is 0 Å². The van der Waals surface area contributed by atoms with Crippen molar-refractivity contribution in [2.24, 2.45) is 0 Å². The Morgan fingerprint density at radius 3 is 2.56 bits per heavy atom.